The van der Waals surface area contributed by atoms with Gasteiger partial charge >= 0.3 is 0 Å². The molecule has 0 radical (unpaired) electrons. The van der Waals surface area contributed by atoms with Crippen molar-refractivity contribution in [2.24, 2.45) is 0 Å². The van der Waals surface area contributed by atoms with Gasteiger partial charge in [-0.25, -0.2) is 0 Å². The van der Waals surface area contributed by atoms with Crippen molar-refractivity contribution in [1.29, 1.82) is 0 Å². The molecule has 0 amide bonds. The summed E-state index contributed by atoms with van der Waals surface area (Å²) in [5.74, 6) is -1.74. The van der Waals surface area contributed by atoms with Gasteiger partial charge in [0.2, 0.25) is 11.9 Å². The van der Waals surface area contributed by atoms with Crippen molar-refractivity contribution in [3.8, 4) is 22.6 Å². The van der Waals surface area contributed by atoms with Gasteiger partial charge in [0.15, 0.2) is 0 Å². The highest BCUT2D eigenvalue weighted by molar-refractivity contribution is 5.62. The van der Waals surface area contributed by atoms with Gasteiger partial charge in [-0.1, -0.05) is 12.1 Å². The van der Waals surface area contributed by atoms with Crippen molar-refractivity contribution >= 4 is 0 Å². The Balaban J connectivity index is 1.76. The van der Waals surface area contributed by atoms with Crippen LogP contribution < -0.4 is 0 Å². The van der Waals surface area contributed by atoms with Crippen LogP contribution in [-0.4, -0.2) is 19.9 Å². The summed E-state index contributed by atoms with van der Waals surface area (Å²) in [6.07, 6.45) is 1.97. The first-order valence-corrected chi connectivity index (χ1v) is 9.70. The summed E-state index contributed by atoms with van der Waals surface area (Å²) in [6.45, 7) is 8.17. The second kappa shape index (κ2) is 7.44. The van der Waals surface area contributed by atoms with E-state index in [1.165, 1.54) is 11.6 Å². The lowest BCUT2D eigenvalue weighted by molar-refractivity contribution is 0.514. The summed E-state index contributed by atoms with van der Waals surface area (Å²) >= 11 is 0. The molecule has 4 rings (SSSR count). The Morgan fingerprint density at radius 3 is 2.03 bits per heavy atom. The van der Waals surface area contributed by atoms with E-state index in [4.69, 9.17) is 4.98 Å². The fraction of sp³-hybridized carbons (Fsp3) is 0.208. The summed E-state index contributed by atoms with van der Waals surface area (Å²) in [5.41, 5.74) is 5.79. The Hall–Kier alpha value is -3.41. The number of nitrogens with zero attached hydrogens (tertiary/aromatic N) is 3. The number of H-pyrrole nitrogens is 1. The maximum Gasteiger partial charge on any atom is 0.224 e. The summed E-state index contributed by atoms with van der Waals surface area (Å²) in [6, 6.07) is 13.8. The molecule has 6 heteroatoms. The minimum atomic E-state index is -0.879. The Labute approximate surface area is 174 Å². The van der Waals surface area contributed by atoms with E-state index in [1.807, 2.05) is 50.4 Å². The Kier molecular flexibility index (Phi) is 4.94. The number of aromatic nitrogens is 4. The van der Waals surface area contributed by atoms with Crippen LogP contribution in [-0.2, 0) is 5.41 Å². The van der Waals surface area contributed by atoms with Crippen LogP contribution in [0.3, 0.4) is 0 Å². The van der Waals surface area contributed by atoms with Crippen LogP contribution in [0, 0.1) is 25.7 Å². The van der Waals surface area contributed by atoms with E-state index >= 15 is 0 Å². The predicted octanol–water partition coefficient (Wildman–Crippen LogP) is 5.75. The van der Waals surface area contributed by atoms with E-state index in [1.54, 1.807) is 6.07 Å². The number of hydrogen-bond donors (Lipinski definition) is 1. The summed E-state index contributed by atoms with van der Waals surface area (Å²) in [5, 5.41) is 0. The monoisotopic (exact) mass is 404 g/mol. The van der Waals surface area contributed by atoms with E-state index in [-0.39, 0.29) is 5.56 Å². The lowest BCUT2D eigenvalue weighted by Gasteiger charge is -2.24. The third kappa shape index (κ3) is 3.49. The molecule has 4 aromatic heterocycles. The molecule has 0 bridgehead atoms. The van der Waals surface area contributed by atoms with E-state index in [0.717, 1.165) is 34.4 Å². The Morgan fingerprint density at radius 2 is 1.43 bits per heavy atom. The Bertz CT molecular complexity index is 1230. The zero-order valence-electron chi connectivity index (χ0n) is 17.3. The number of aromatic amines is 1. The fourth-order valence-electron chi connectivity index (χ4n) is 3.45. The van der Waals surface area contributed by atoms with Gasteiger partial charge in [-0.3, -0.25) is 9.97 Å². The second-order valence-electron chi connectivity index (χ2n) is 7.89. The van der Waals surface area contributed by atoms with Crippen LogP contribution in [0.15, 0.2) is 54.7 Å². The van der Waals surface area contributed by atoms with Crippen LogP contribution in [0.5, 0.6) is 0 Å². The molecule has 4 heterocycles. The average Bonchev–Trinajstić information content (AvgIpc) is 3.07. The molecule has 0 aliphatic rings. The average molecular weight is 404 g/mol. The van der Waals surface area contributed by atoms with Gasteiger partial charge in [0.1, 0.15) is 0 Å². The largest absolute Gasteiger partial charge is 0.359 e. The van der Waals surface area contributed by atoms with Gasteiger partial charge in [0, 0.05) is 11.6 Å². The molecule has 4 nitrogen and oxygen atoms in total. The van der Waals surface area contributed by atoms with E-state index in [9.17, 15) is 8.78 Å². The van der Waals surface area contributed by atoms with Crippen LogP contribution in [0.25, 0.3) is 22.6 Å². The van der Waals surface area contributed by atoms with Crippen LogP contribution in [0.2, 0.25) is 0 Å². The third-order valence-electron chi connectivity index (χ3n) is 5.53. The van der Waals surface area contributed by atoms with Crippen LogP contribution >= 0.6 is 0 Å². The van der Waals surface area contributed by atoms with Gasteiger partial charge in [0.05, 0.1) is 34.0 Å². The SMILES string of the molecule is Cc1c[nH]c(-c2cccc(C(C)(C)c3cccc(-c4ccc(F)nc4F)n3)n2)c1C. The molecule has 4 aromatic rings. The quantitative estimate of drug-likeness (QED) is 0.440. The highest BCUT2D eigenvalue weighted by Gasteiger charge is 2.27. The molecule has 0 aromatic carbocycles. The first-order chi connectivity index (χ1) is 14.3. The molecular weight excluding hydrogens is 382 g/mol. The van der Waals surface area contributed by atoms with E-state index in [0.29, 0.717) is 5.69 Å². The van der Waals surface area contributed by atoms with Crippen molar-refractivity contribution < 1.29 is 8.78 Å². The smallest absolute Gasteiger partial charge is 0.224 e. The number of nitrogens with one attached hydrogen (secondary N) is 1. The minimum Gasteiger partial charge on any atom is -0.359 e. The summed E-state index contributed by atoms with van der Waals surface area (Å²) in [7, 11) is 0. The maximum atomic E-state index is 14.2. The molecule has 1 N–H and O–H groups in total. The van der Waals surface area contributed by atoms with Crippen molar-refractivity contribution in [3.05, 3.63) is 89.1 Å². The van der Waals surface area contributed by atoms with Crippen LogP contribution in [0.1, 0.15) is 36.4 Å². The molecule has 0 spiro atoms. The lowest BCUT2D eigenvalue weighted by atomic mass is 9.84. The molecule has 0 unspecified atom stereocenters. The molecule has 0 aliphatic heterocycles. The zero-order chi connectivity index (χ0) is 21.5. The highest BCUT2D eigenvalue weighted by atomic mass is 19.1. The van der Waals surface area contributed by atoms with Gasteiger partial charge in [0.25, 0.3) is 0 Å². The normalized spacial score (nSPS) is 11.7. The van der Waals surface area contributed by atoms with Crippen molar-refractivity contribution in [3.63, 3.8) is 0 Å². The van der Waals surface area contributed by atoms with Gasteiger partial charge < -0.3 is 4.98 Å². The number of hydrogen-bond acceptors (Lipinski definition) is 3. The maximum absolute atomic E-state index is 14.2. The Morgan fingerprint density at radius 1 is 0.800 bits per heavy atom. The van der Waals surface area contributed by atoms with Crippen molar-refractivity contribution in [2.45, 2.75) is 33.1 Å². The van der Waals surface area contributed by atoms with Crippen LogP contribution in [0.4, 0.5) is 8.78 Å². The third-order valence-corrected chi connectivity index (χ3v) is 5.53. The molecular formula is C24H22F2N4. The molecule has 30 heavy (non-hydrogen) atoms. The second-order valence-corrected chi connectivity index (χ2v) is 7.89. The molecule has 0 aliphatic carbocycles. The van der Waals surface area contributed by atoms with Crippen molar-refractivity contribution in [1.82, 2.24) is 19.9 Å². The minimum absolute atomic E-state index is 0.160. The summed E-state index contributed by atoms with van der Waals surface area (Å²) < 4.78 is 27.3. The molecule has 0 fully saturated rings. The number of pyridine rings is 3. The number of rotatable bonds is 4. The first kappa shape index (κ1) is 19.9. The molecule has 152 valence electrons. The van der Waals surface area contributed by atoms with Gasteiger partial charge in [-0.05, 0) is 75.2 Å². The van der Waals surface area contributed by atoms with E-state index < -0.39 is 17.3 Å². The van der Waals surface area contributed by atoms with Crippen molar-refractivity contribution in [2.75, 3.05) is 0 Å². The van der Waals surface area contributed by atoms with Gasteiger partial charge in [-0.2, -0.15) is 13.8 Å². The van der Waals surface area contributed by atoms with Gasteiger partial charge in [-0.15, -0.1) is 0 Å². The summed E-state index contributed by atoms with van der Waals surface area (Å²) in [4.78, 5) is 16.1. The molecule has 0 saturated heterocycles. The standard InChI is InChI=1S/C24H22F2N4/c1-14-13-27-22(15(14)2)18-8-6-10-20(29-18)24(3,4)19-9-5-7-17(28-19)16-11-12-21(25)30-23(16)26/h5-13,27H,1-4H3. The fourth-order valence-corrected chi connectivity index (χ4v) is 3.45. The predicted molar refractivity (Wildman–Crippen MR) is 113 cm³/mol. The molecule has 0 saturated carbocycles. The topological polar surface area (TPSA) is 54.5 Å². The first-order valence-electron chi connectivity index (χ1n) is 9.70. The van der Waals surface area contributed by atoms with E-state index in [2.05, 4.69) is 28.8 Å². The highest BCUT2D eigenvalue weighted by Crippen LogP contribution is 2.32. The number of halogens is 2. The molecule has 0 atom stereocenters. The zero-order valence-corrected chi connectivity index (χ0v) is 17.3. The lowest BCUT2D eigenvalue weighted by Crippen LogP contribution is -2.22. The number of aryl methyl sites for hydroxylation is 1.